The van der Waals surface area contributed by atoms with Crippen LogP contribution in [0, 0.1) is 6.92 Å². The van der Waals surface area contributed by atoms with Gasteiger partial charge in [0.25, 0.3) is 5.56 Å². The number of hydrogen-bond donors (Lipinski definition) is 3. The van der Waals surface area contributed by atoms with E-state index in [1.807, 2.05) is 0 Å². The highest BCUT2D eigenvalue weighted by atomic mass is 28.3. The van der Waals surface area contributed by atoms with Crippen LogP contribution < -0.4 is 11.2 Å². The molecule has 3 atom stereocenters. The molecule has 142 valence electrons. The maximum atomic E-state index is 12.2. The Kier molecular flexibility index (Phi) is 5.22. The molecule has 2 rings (SSSR count). The van der Waals surface area contributed by atoms with Crippen LogP contribution in [0.2, 0.25) is 18.1 Å². The van der Waals surface area contributed by atoms with Gasteiger partial charge in [0.1, 0.15) is 12.3 Å². The SMILES string of the molecule is CCC(C)(C)[Si](C)(C)[C@]1(O)C[C@H](n2cc(C)c(=O)[nH]c2=O)O[C@@H]1CO. The third-order valence-electron chi connectivity index (χ3n) is 6.62. The molecule has 1 aromatic heterocycles. The number of aliphatic hydroxyl groups is 2. The average molecular weight is 371 g/mol. The Morgan fingerprint density at radius 1 is 1.44 bits per heavy atom. The monoisotopic (exact) mass is 370 g/mol. The van der Waals surface area contributed by atoms with Gasteiger partial charge in [-0.3, -0.25) is 14.3 Å². The fraction of sp³-hybridized carbons (Fsp3) is 0.765. The first-order valence-electron chi connectivity index (χ1n) is 8.72. The highest BCUT2D eigenvalue weighted by molar-refractivity contribution is 6.83. The molecule has 0 bridgehead atoms. The third-order valence-corrected chi connectivity index (χ3v) is 13.0. The van der Waals surface area contributed by atoms with Gasteiger partial charge in [-0.2, -0.15) is 0 Å². The summed E-state index contributed by atoms with van der Waals surface area (Å²) in [5, 5.41) is 20.1. The minimum absolute atomic E-state index is 0.0840. The molecule has 0 amide bonds. The smallest absolute Gasteiger partial charge is 0.330 e. The molecular weight excluding hydrogens is 340 g/mol. The Balaban J connectivity index is 2.49. The van der Waals surface area contributed by atoms with Crippen LogP contribution in [0.4, 0.5) is 0 Å². The summed E-state index contributed by atoms with van der Waals surface area (Å²) in [4.78, 5) is 26.0. The van der Waals surface area contributed by atoms with Gasteiger partial charge in [0.05, 0.1) is 19.9 Å². The first-order chi connectivity index (χ1) is 11.4. The van der Waals surface area contributed by atoms with Gasteiger partial charge < -0.3 is 14.9 Å². The molecule has 1 fully saturated rings. The number of nitrogens with zero attached hydrogens (tertiary/aromatic N) is 1. The Morgan fingerprint density at radius 3 is 2.56 bits per heavy atom. The fourth-order valence-electron chi connectivity index (χ4n) is 3.59. The summed E-state index contributed by atoms with van der Waals surface area (Å²) in [5.74, 6) is 0. The van der Waals surface area contributed by atoms with Crippen molar-refractivity contribution >= 4 is 8.07 Å². The largest absolute Gasteiger partial charge is 0.394 e. The van der Waals surface area contributed by atoms with E-state index in [2.05, 4.69) is 38.8 Å². The van der Waals surface area contributed by atoms with Crippen LogP contribution in [0.15, 0.2) is 15.8 Å². The lowest BCUT2D eigenvalue weighted by atomic mass is 10.1. The van der Waals surface area contributed by atoms with Crippen LogP contribution in [0.25, 0.3) is 0 Å². The predicted molar refractivity (Wildman–Crippen MR) is 98.4 cm³/mol. The van der Waals surface area contributed by atoms with Crippen molar-refractivity contribution in [2.45, 2.75) is 76.2 Å². The van der Waals surface area contributed by atoms with E-state index in [1.54, 1.807) is 6.92 Å². The van der Waals surface area contributed by atoms with Crippen LogP contribution in [0.3, 0.4) is 0 Å². The first-order valence-corrected chi connectivity index (χ1v) is 11.7. The zero-order chi connectivity index (χ0) is 19.2. The Labute approximate surface area is 148 Å². The lowest BCUT2D eigenvalue weighted by Crippen LogP contribution is -2.65. The molecule has 0 aliphatic carbocycles. The fourth-order valence-corrected chi connectivity index (χ4v) is 7.30. The minimum atomic E-state index is -2.34. The quantitative estimate of drug-likeness (QED) is 0.678. The van der Waals surface area contributed by atoms with E-state index >= 15 is 0 Å². The maximum Gasteiger partial charge on any atom is 0.330 e. The molecule has 1 aromatic rings. The Morgan fingerprint density at radius 2 is 2.04 bits per heavy atom. The van der Waals surface area contributed by atoms with Gasteiger partial charge in [-0.05, 0) is 12.0 Å². The second-order valence-corrected chi connectivity index (χ2v) is 13.7. The van der Waals surface area contributed by atoms with Crippen molar-refractivity contribution in [1.29, 1.82) is 0 Å². The molecule has 25 heavy (non-hydrogen) atoms. The van der Waals surface area contributed by atoms with Gasteiger partial charge in [0, 0.05) is 18.2 Å². The van der Waals surface area contributed by atoms with Gasteiger partial charge in [-0.25, -0.2) is 4.79 Å². The number of hydrogen-bond acceptors (Lipinski definition) is 5. The highest BCUT2D eigenvalue weighted by Gasteiger charge is 2.62. The van der Waals surface area contributed by atoms with Gasteiger partial charge in [-0.15, -0.1) is 0 Å². The summed E-state index contributed by atoms with van der Waals surface area (Å²) in [6.07, 6.45) is 1.08. The first kappa shape index (κ1) is 20.1. The van der Waals surface area contributed by atoms with Crippen molar-refractivity contribution in [3.05, 3.63) is 32.6 Å². The lowest BCUT2D eigenvalue weighted by molar-refractivity contribution is -0.0598. The van der Waals surface area contributed by atoms with E-state index in [-0.39, 0.29) is 18.1 Å². The van der Waals surface area contributed by atoms with Gasteiger partial charge >= 0.3 is 5.69 Å². The topological polar surface area (TPSA) is 105 Å². The van der Waals surface area contributed by atoms with Gasteiger partial charge in [-0.1, -0.05) is 40.3 Å². The Bertz CT molecular complexity index is 754. The van der Waals surface area contributed by atoms with Crippen molar-refractivity contribution < 1.29 is 14.9 Å². The summed E-state index contributed by atoms with van der Waals surface area (Å²) in [6.45, 7) is 11.9. The highest BCUT2D eigenvalue weighted by Crippen LogP contribution is 2.52. The van der Waals surface area contributed by atoms with Gasteiger partial charge in [0.15, 0.2) is 0 Å². The zero-order valence-electron chi connectivity index (χ0n) is 15.9. The second-order valence-electron chi connectivity index (χ2n) is 8.23. The number of rotatable bonds is 5. The summed E-state index contributed by atoms with van der Waals surface area (Å²) >= 11 is 0. The molecule has 0 spiro atoms. The molecule has 0 saturated carbocycles. The number of nitrogens with one attached hydrogen (secondary N) is 1. The van der Waals surface area contributed by atoms with E-state index in [0.717, 1.165) is 6.42 Å². The predicted octanol–water partition coefficient (Wildman–Crippen LogP) is 1.29. The van der Waals surface area contributed by atoms with Crippen LogP contribution >= 0.6 is 0 Å². The van der Waals surface area contributed by atoms with E-state index in [0.29, 0.717) is 5.56 Å². The zero-order valence-corrected chi connectivity index (χ0v) is 16.9. The molecular formula is C17H30N2O5Si. The standard InChI is InChI=1S/C17H30N2O5Si/c1-7-16(3,4)25(5,6)17(23)8-13(24-12(17)10-20)19-9-11(2)14(21)18-15(19)22/h9,12-13,20,23H,7-8,10H2,1-6H3,(H,18,21,22)/t12-,13-,17-/m1/s1. The maximum absolute atomic E-state index is 12.2. The van der Waals surface area contributed by atoms with Crippen molar-refractivity contribution in [3.63, 3.8) is 0 Å². The molecule has 1 aliphatic rings. The van der Waals surface area contributed by atoms with Crippen LogP contribution in [0.5, 0.6) is 0 Å². The van der Waals surface area contributed by atoms with Crippen LogP contribution in [-0.2, 0) is 4.74 Å². The number of aromatic amines is 1. The lowest BCUT2D eigenvalue weighted by Gasteiger charge is -2.50. The van der Waals surface area contributed by atoms with Crippen molar-refractivity contribution in [2.24, 2.45) is 0 Å². The molecule has 2 heterocycles. The van der Waals surface area contributed by atoms with E-state index in [4.69, 9.17) is 4.74 Å². The van der Waals surface area contributed by atoms with Crippen LogP contribution in [0.1, 0.15) is 45.4 Å². The van der Waals surface area contributed by atoms with Crippen molar-refractivity contribution in [2.75, 3.05) is 6.61 Å². The van der Waals surface area contributed by atoms with E-state index in [1.165, 1.54) is 10.8 Å². The molecule has 0 aromatic carbocycles. The van der Waals surface area contributed by atoms with E-state index in [9.17, 15) is 19.8 Å². The molecule has 0 radical (unpaired) electrons. The number of aliphatic hydroxyl groups excluding tert-OH is 1. The second kappa shape index (κ2) is 6.50. The van der Waals surface area contributed by atoms with Gasteiger partial charge in [0.2, 0.25) is 0 Å². The molecule has 1 aliphatic heterocycles. The van der Waals surface area contributed by atoms with Crippen LogP contribution in [-0.4, -0.2) is 45.8 Å². The minimum Gasteiger partial charge on any atom is -0.394 e. The summed E-state index contributed by atoms with van der Waals surface area (Å²) in [5.41, 5.74) is -0.615. The third kappa shape index (κ3) is 3.05. The normalized spacial score (nSPS) is 27.7. The van der Waals surface area contributed by atoms with Crippen molar-refractivity contribution in [1.82, 2.24) is 9.55 Å². The number of ether oxygens (including phenoxy) is 1. The molecule has 7 nitrogen and oxygen atoms in total. The number of aromatic nitrogens is 2. The van der Waals surface area contributed by atoms with Crippen molar-refractivity contribution in [3.8, 4) is 0 Å². The molecule has 0 unspecified atom stereocenters. The molecule has 1 saturated heterocycles. The summed E-state index contributed by atoms with van der Waals surface area (Å²) < 4.78 is 7.20. The van der Waals surface area contributed by atoms with E-state index < -0.39 is 36.9 Å². The molecule has 3 N–H and O–H groups in total. The number of H-pyrrole nitrogens is 1. The number of aryl methyl sites for hydroxylation is 1. The summed E-state index contributed by atoms with van der Waals surface area (Å²) in [6, 6.07) is 0. The average Bonchev–Trinajstić information content (AvgIpc) is 2.89. The molecule has 8 heteroatoms. The Hall–Kier alpha value is -1.22. The summed E-state index contributed by atoms with van der Waals surface area (Å²) in [7, 11) is -2.34.